The number of hydrogen-bond donors (Lipinski definition) is 3. The number of aromatic nitrogens is 3. The molecule has 0 spiro atoms. The SMILES string of the molecule is CCn1ncc2c(NCc3ccc(OC)c(Cl)c3)c(C(=O)NC3CCN(C(=O)O)CC3)cnc21. The fraction of sp³-hybridized carbons (Fsp3) is 0.391. The molecule has 180 valence electrons. The van der Waals surface area contributed by atoms with Gasteiger partial charge in [-0.25, -0.2) is 14.5 Å². The molecule has 3 heterocycles. The zero-order valence-electron chi connectivity index (χ0n) is 19.0. The largest absolute Gasteiger partial charge is 0.495 e. The Morgan fingerprint density at radius 3 is 2.68 bits per heavy atom. The molecule has 11 heteroatoms. The van der Waals surface area contributed by atoms with Gasteiger partial charge in [-0.1, -0.05) is 17.7 Å². The van der Waals surface area contributed by atoms with Crippen LogP contribution in [0.3, 0.4) is 0 Å². The third-order valence-electron chi connectivity index (χ3n) is 6.00. The number of anilines is 1. The first-order valence-corrected chi connectivity index (χ1v) is 11.5. The van der Waals surface area contributed by atoms with Crippen molar-refractivity contribution in [3.8, 4) is 5.75 Å². The van der Waals surface area contributed by atoms with E-state index in [9.17, 15) is 9.59 Å². The summed E-state index contributed by atoms with van der Waals surface area (Å²) in [4.78, 5) is 30.2. The van der Waals surface area contributed by atoms with Crippen molar-refractivity contribution in [2.75, 3.05) is 25.5 Å². The predicted molar refractivity (Wildman–Crippen MR) is 129 cm³/mol. The monoisotopic (exact) mass is 486 g/mol. The molecule has 2 amide bonds. The number of hydrogen-bond acceptors (Lipinski definition) is 6. The first-order valence-electron chi connectivity index (χ1n) is 11.1. The highest BCUT2D eigenvalue weighted by Crippen LogP contribution is 2.29. The summed E-state index contributed by atoms with van der Waals surface area (Å²) in [5, 5.41) is 21.2. The quantitative estimate of drug-likeness (QED) is 0.466. The lowest BCUT2D eigenvalue weighted by Crippen LogP contribution is -2.46. The number of halogens is 1. The minimum Gasteiger partial charge on any atom is -0.495 e. The third-order valence-corrected chi connectivity index (χ3v) is 6.29. The van der Waals surface area contributed by atoms with Gasteiger partial charge in [0.1, 0.15) is 5.75 Å². The summed E-state index contributed by atoms with van der Waals surface area (Å²) < 4.78 is 6.99. The van der Waals surface area contributed by atoms with Crippen LogP contribution in [0, 0.1) is 0 Å². The molecule has 0 aliphatic carbocycles. The number of nitrogens with zero attached hydrogens (tertiary/aromatic N) is 4. The van der Waals surface area contributed by atoms with Gasteiger partial charge in [0, 0.05) is 38.4 Å². The maximum absolute atomic E-state index is 13.2. The highest BCUT2D eigenvalue weighted by Gasteiger charge is 2.25. The van der Waals surface area contributed by atoms with Crippen LogP contribution in [0.2, 0.25) is 5.02 Å². The van der Waals surface area contributed by atoms with Gasteiger partial charge in [-0.15, -0.1) is 0 Å². The van der Waals surface area contributed by atoms with E-state index in [1.54, 1.807) is 30.3 Å². The van der Waals surface area contributed by atoms with Crippen molar-refractivity contribution >= 4 is 40.3 Å². The average Bonchev–Trinajstić information content (AvgIpc) is 3.26. The number of piperidine rings is 1. The second kappa shape index (κ2) is 10.2. The lowest BCUT2D eigenvalue weighted by Gasteiger charge is -2.30. The number of ether oxygens (including phenoxy) is 1. The molecular formula is C23H27ClN6O4. The zero-order chi connectivity index (χ0) is 24.2. The summed E-state index contributed by atoms with van der Waals surface area (Å²) in [6, 6.07) is 5.41. The molecule has 1 aliphatic heterocycles. The first-order chi connectivity index (χ1) is 16.4. The fourth-order valence-corrected chi connectivity index (χ4v) is 4.39. The van der Waals surface area contributed by atoms with Crippen molar-refractivity contribution in [3.05, 3.63) is 46.7 Å². The normalized spacial score (nSPS) is 14.3. The van der Waals surface area contributed by atoms with Gasteiger partial charge in [-0.05, 0) is 37.5 Å². The van der Waals surface area contributed by atoms with Crippen LogP contribution in [-0.2, 0) is 13.1 Å². The molecule has 0 radical (unpaired) electrons. The van der Waals surface area contributed by atoms with Gasteiger partial charge in [-0.2, -0.15) is 5.10 Å². The molecule has 0 atom stereocenters. The molecule has 0 bridgehead atoms. The Balaban J connectivity index is 1.57. The van der Waals surface area contributed by atoms with Crippen LogP contribution in [0.1, 0.15) is 35.7 Å². The number of likely N-dealkylation sites (tertiary alicyclic amines) is 1. The Hall–Kier alpha value is -3.53. The second-order valence-electron chi connectivity index (χ2n) is 8.08. The van der Waals surface area contributed by atoms with E-state index >= 15 is 0 Å². The molecule has 1 fully saturated rings. The summed E-state index contributed by atoms with van der Waals surface area (Å²) in [7, 11) is 1.56. The molecule has 3 N–H and O–H groups in total. The Morgan fingerprint density at radius 1 is 1.26 bits per heavy atom. The van der Waals surface area contributed by atoms with Crippen molar-refractivity contribution in [1.82, 2.24) is 25.0 Å². The number of amides is 2. The van der Waals surface area contributed by atoms with E-state index in [2.05, 4.69) is 20.7 Å². The maximum Gasteiger partial charge on any atom is 0.407 e. The summed E-state index contributed by atoms with van der Waals surface area (Å²) in [5.74, 6) is 0.331. The highest BCUT2D eigenvalue weighted by atomic mass is 35.5. The van der Waals surface area contributed by atoms with Crippen molar-refractivity contribution in [2.24, 2.45) is 0 Å². The highest BCUT2D eigenvalue weighted by molar-refractivity contribution is 6.32. The summed E-state index contributed by atoms with van der Waals surface area (Å²) >= 11 is 6.27. The van der Waals surface area contributed by atoms with Crippen LogP contribution in [0.4, 0.5) is 10.5 Å². The van der Waals surface area contributed by atoms with Crippen LogP contribution < -0.4 is 15.4 Å². The number of carbonyl (C=O) groups excluding carboxylic acids is 1. The van der Waals surface area contributed by atoms with Crippen LogP contribution in [0.5, 0.6) is 5.75 Å². The van der Waals surface area contributed by atoms with E-state index in [4.69, 9.17) is 21.4 Å². The van der Waals surface area contributed by atoms with Gasteiger partial charge in [0.15, 0.2) is 5.65 Å². The van der Waals surface area contributed by atoms with Gasteiger partial charge >= 0.3 is 6.09 Å². The number of rotatable bonds is 7. The molecule has 10 nitrogen and oxygen atoms in total. The van der Waals surface area contributed by atoms with Crippen molar-refractivity contribution in [3.63, 3.8) is 0 Å². The number of pyridine rings is 1. The number of carbonyl (C=O) groups is 2. The molecule has 1 aliphatic rings. The smallest absolute Gasteiger partial charge is 0.407 e. The van der Waals surface area contributed by atoms with E-state index in [0.29, 0.717) is 66.7 Å². The topological polar surface area (TPSA) is 122 Å². The summed E-state index contributed by atoms with van der Waals surface area (Å²) in [6.07, 6.45) is 3.46. The van der Waals surface area contributed by atoms with Gasteiger partial charge in [0.2, 0.25) is 0 Å². The molecule has 1 saturated heterocycles. The Morgan fingerprint density at radius 2 is 2.03 bits per heavy atom. The third kappa shape index (κ3) is 4.86. The minimum atomic E-state index is -0.933. The van der Waals surface area contributed by atoms with Gasteiger partial charge in [0.05, 0.1) is 35.0 Å². The van der Waals surface area contributed by atoms with Crippen LogP contribution in [0.15, 0.2) is 30.6 Å². The average molecular weight is 487 g/mol. The predicted octanol–water partition coefficient (Wildman–Crippen LogP) is 3.60. The van der Waals surface area contributed by atoms with E-state index in [1.165, 1.54) is 4.90 Å². The number of benzene rings is 1. The van der Waals surface area contributed by atoms with Crippen LogP contribution in [-0.4, -0.2) is 63.0 Å². The fourth-order valence-electron chi connectivity index (χ4n) is 4.11. The van der Waals surface area contributed by atoms with Crippen LogP contribution in [0.25, 0.3) is 11.0 Å². The molecule has 34 heavy (non-hydrogen) atoms. The van der Waals surface area contributed by atoms with E-state index in [-0.39, 0.29) is 11.9 Å². The Kier molecular flexibility index (Phi) is 7.06. The van der Waals surface area contributed by atoms with Crippen molar-refractivity contribution in [2.45, 2.75) is 38.9 Å². The van der Waals surface area contributed by atoms with Crippen molar-refractivity contribution in [1.29, 1.82) is 0 Å². The minimum absolute atomic E-state index is 0.106. The van der Waals surface area contributed by atoms with Gasteiger partial charge in [-0.3, -0.25) is 4.79 Å². The van der Waals surface area contributed by atoms with Gasteiger partial charge in [0.25, 0.3) is 5.91 Å². The van der Waals surface area contributed by atoms with E-state index < -0.39 is 6.09 Å². The molecular weight excluding hydrogens is 460 g/mol. The molecule has 4 rings (SSSR count). The van der Waals surface area contributed by atoms with E-state index in [0.717, 1.165) is 10.9 Å². The maximum atomic E-state index is 13.2. The summed E-state index contributed by atoms with van der Waals surface area (Å²) in [6.45, 7) is 3.84. The van der Waals surface area contributed by atoms with E-state index in [1.807, 2.05) is 19.1 Å². The van der Waals surface area contributed by atoms with Gasteiger partial charge < -0.3 is 25.4 Å². The number of aryl methyl sites for hydroxylation is 1. The molecule has 1 aromatic carbocycles. The van der Waals surface area contributed by atoms with Crippen LogP contribution >= 0.6 is 11.6 Å². The number of fused-ring (bicyclic) bond motifs is 1. The number of carboxylic acid groups (broad SMARTS) is 1. The van der Waals surface area contributed by atoms with Crippen molar-refractivity contribution < 1.29 is 19.4 Å². The lowest BCUT2D eigenvalue weighted by atomic mass is 10.0. The number of methoxy groups -OCH3 is 1. The molecule has 0 saturated carbocycles. The molecule has 2 aromatic heterocycles. The zero-order valence-corrected chi connectivity index (χ0v) is 19.8. The molecule has 0 unspecified atom stereocenters. The Labute approximate surface area is 201 Å². The Bertz CT molecular complexity index is 1210. The molecule has 3 aromatic rings. The first kappa shape index (κ1) is 23.6. The summed E-state index contributed by atoms with van der Waals surface area (Å²) in [5.41, 5.74) is 2.65. The second-order valence-corrected chi connectivity index (χ2v) is 8.49. The standard InChI is InChI=1S/C23H27ClN6O4/c1-3-30-21-16(13-27-30)20(25-11-14-4-5-19(34-2)18(24)10-14)17(12-26-21)22(31)28-15-6-8-29(9-7-15)23(32)33/h4-5,10,12-13,15H,3,6-9,11H2,1-2H3,(H,25,26)(H,28,31)(H,32,33). The number of nitrogens with one attached hydrogen (secondary N) is 2. The lowest BCUT2D eigenvalue weighted by molar-refractivity contribution is 0.0908.